The molecule has 0 radical (unpaired) electrons. The predicted octanol–water partition coefficient (Wildman–Crippen LogP) is 6.42. The zero-order valence-corrected chi connectivity index (χ0v) is 23.1. The molecule has 0 aliphatic heterocycles. The van der Waals surface area contributed by atoms with Crippen LogP contribution in [-0.4, -0.2) is 48.6 Å². The molecule has 3 N–H and O–H groups in total. The van der Waals surface area contributed by atoms with Crippen LogP contribution in [0.3, 0.4) is 0 Å². The second kappa shape index (κ2) is 11.3. The Morgan fingerprint density at radius 1 is 1.42 bits per heavy atom. The van der Waals surface area contributed by atoms with E-state index in [0.717, 1.165) is 32.6 Å². The van der Waals surface area contributed by atoms with Gasteiger partial charge in [0.15, 0.2) is 5.65 Å². The lowest BCUT2D eigenvalue weighted by Gasteiger charge is -2.37. The number of nitrogens with zero attached hydrogens (tertiary/aromatic N) is 5. The van der Waals surface area contributed by atoms with Gasteiger partial charge in [-0.2, -0.15) is 5.10 Å². The predicted molar refractivity (Wildman–Crippen MR) is 155 cm³/mol. The van der Waals surface area contributed by atoms with Gasteiger partial charge in [-0.15, -0.1) is 23.1 Å². The molecule has 4 heterocycles. The summed E-state index contributed by atoms with van der Waals surface area (Å²) in [7, 11) is 1.84. The maximum Gasteiger partial charge on any atom is 0.248 e. The van der Waals surface area contributed by atoms with Crippen LogP contribution in [0.5, 0.6) is 0 Å². The van der Waals surface area contributed by atoms with E-state index >= 15 is 0 Å². The molecule has 1 aliphatic rings. The zero-order valence-electron chi connectivity index (χ0n) is 21.5. The number of aliphatic hydroxyl groups excluding tert-OH is 1. The van der Waals surface area contributed by atoms with E-state index in [4.69, 9.17) is 5.73 Å². The Morgan fingerprint density at radius 3 is 2.82 bits per heavy atom. The summed E-state index contributed by atoms with van der Waals surface area (Å²) < 4.78 is 28.0. The van der Waals surface area contributed by atoms with E-state index < -0.39 is 17.9 Å². The van der Waals surface area contributed by atoms with Crippen molar-refractivity contribution in [3.05, 3.63) is 60.3 Å². The lowest BCUT2D eigenvalue weighted by atomic mass is 9.77. The maximum absolute atomic E-state index is 13.2. The molecule has 5 rings (SSSR count). The number of halogens is 2. The Morgan fingerprint density at radius 2 is 2.16 bits per heavy atom. The summed E-state index contributed by atoms with van der Waals surface area (Å²) in [5, 5.41) is 17.5. The first-order valence-corrected chi connectivity index (χ1v) is 13.9. The number of aliphatic imine (C=N–C) groups is 1. The maximum atomic E-state index is 13.2. The van der Waals surface area contributed by atoms with Crippen molar-refractivity contribution >= 4 is 55.1 Å². The SMILES string of the molecule is C=CC(=C)CN=C(C)SC.Cn1cc2cc(-c3ccc4c(N)c(C(O)C5CC(F)(F)C5)sc4n3)cnc2n1. The standard InChI is InChI=1S/C19H17F2N5OS.C8H13NS/c1-26-8-10-4-9(7-23-17(10)25-26)13-3-2-12-14(22)16(28-18(12)24-13)15(27)11-5-19(20,21)6-11;1-5-7(2)6-9-8(3)10-4/h2-4,7-8,11,15,27H,5-6,22H2,1H3;5H,1-2,6H2,3-4H3. The van der Waals surface area contributed by atoms with Gasteiger partial charge in [0.05, 0.1) is 34.0 Å². The highest BCUT2D eigenvalue weighted by Crippen LogP contribution is 2.51. The Balaban J connectivity index is 0.000000289. The van der Waals surface area contributed by atoms with Crippen LogP contribution in [0, 0.1) is 5.92 Å². The van der Waals surface area contributed by atoms with Gasteiger partial charge in [0.25, 0.3) is 0 Å². The number of hydrogen-bond acceptors (Lipinski definition) is 8. The number of thioether (sulfide) groups is 1. The Bertz CT molecular complexity index is 1520. The van der Waals surface area contributed by atoms with Crippen molar-refractivity contribution in [3.63, 3.8) is 0 Å². The second-order valence-corrected chi connectivity index (χ2v) is 11.3. The molecule has 11 heteroatoms. The molecule has 7 nitrogen and oxygen atoms in total. The summed E-state index contributed by atoms with van der Waals surface area (Å²) in [5.74, 6) is -3.15. The number of aromatic nitrogens is 4. The lowest BCUT2D eigenvalue weighted by molar-refractivity contribution is -0.141. The normalized spacial score (nSPS) is 16.1. The topological polar surface area (TPSA) is 102 Å². The van der Waals surface area contributed by atoms with Crippen molar-refractivity contribution < 1.29 is 13.9 Å². The van der Waals surface area contributed by atoms with Crippen molar-refractivity contribution in [1.82, 2.24) is 19.7 Å². The summed E-state index contributed by atoms with van der Waals surface area (Å²) in [6, 6.07) is 5.66. The minimum Gasteiger partial charge on any atom is -0.397 e. The number of nitrogen functional groups attached to an aromatic ring is 1. The van der Waals surface area contributed by atoms with Crippen molar-refractivity contribution in [2.24, 2.45) is 18.0 Å². The van der Waals surface area contributed by atoms with Crippen LogP contribution in [-0.2, 0) is 7.05 Å². The van der Waals surface area contributed by atoms with Crippen LogP contribution < -0.4 is 5.73 Å². The summed E-state index contributed by atoms with van der Waals surface area (Å²) >= 11 is 2.91. The summed E-state index contributed by atoms with van der Waals surface area (Å²) in [6.45, 7) is 10.00. The fourth-order valence-corrected chi connectivity index (χ4v) is 5.42. The average Bonchev–Trinajstić information content (AvgIpc) is 3.43. The first-order chi connectivity index (χ1) is 18.0. The number of thiophene rings is 1. The van der Waals surface area contributed by atoms with Gasteiger partial charge in [-0.3, -0.25) is 9.67 Å². The van der Waals surface area contributed by atoms with Gasteiger partial charge in [-0.1, -0.05) is 19.2 Å². The molecule has 4 aromatic rings. The number of aliphatic hydroxyl groups is 1. The number of rotatable bonds is 6. The minimum absolute atomic E-state index is 0.308. The van der Waals surface area contributed by atoms with Crippen LogP contribution in [0.15, 0.2) is 60.4 Å². The minimum atomic E-state index is -2.68. The molecule has 38 heavy (non-hydrogen) atoms. The molecule has 4 aromatic heterocycles. The van der Waals surface area contributed by atoms with Gasteiger partial charge in [-0.25, -0.2) is 18.7 Å². The molecule has 0 spiro atoms. The van der Waals surface area contributed by atoms with Crippen LogP contribution in [0.2, 0.25) is 0 Å². The second-order valence-electron chi connectivity index (χ2n) is 9.24. The molecule has 0 aromatic carbocycles. The monoisotopic (exact) mass is 556 g/mol. The van der Waals surface area contributed by atoms with E-state index in [0.29, 0.717) is 27.6 Å². The first-order valence-electron chi connectivity index (χ1n) is 11.9. The Hall–Kier alpha value is -3.15. The summed E-state index contributed by atoms with van der Waals surface area (Å²) in [5.41, 5.74) is 9.81. The third-order valence-corrected chi connectivity index (χ3v) is 8.22. The van der Waals surface area contributed by atoms with Crippen molar-refractivity contribution in [2.45, 2.75) is 31.8 Å². The van der Waals surface area contributed by atoms with Crippen LogP contribution in [0.4, 0.5) is 14.5 Å². The van der Waals surface area contributed by atoms with Gasteiger partial charge in [-0.05, 0) is 37.0 Å². The Labute approximate surface area is 228 Å². The number of hydrogen-bond donors (Lipinski definition) is 2. The third-order valence-electron chi connectivity index (χ3n) is 6.32. The molecule has 1 unspecified atom stereocenters. The van der Waals surface area contributed by atoms with Gasteiger partial charge in [0.1, 0.15) is 4.83 Å². The van der Waals surface area contributed by atoms with E-state index in [1.54, 1.807) is 28.7 Å². The van der Waals surface area contributed by atoms with E-state index in [9.17, 15) is 13.9 Å². The fraction of sp³-hybridized carbons (Fsp3) is 0.333. The van der Waals surface area contributed by atoms with E-state index in [2.05, 4.69) is 33.2 Å². The molecule has 1 fully saturated rings. The van der Waals surface area contributed by atoms with E-state index in [1.807, 2.05) is 44.6 Å². The fourth-order valence-electron chi connectivity index (χ4n) is 4.06. The van der Waals surface area contributed by atoms with Crippen molar-refractivity contribution in [2.75, 3.05) is 18.5 Å². The number of nitrogens with two attached hydrogens (primary N) is 1. The molecule has 0 amide bonds. The van der Waals surface area contributed by atoms with Gasteiger partial charge in [0.2, 0.25) is 5.92 Å². The molecule has 200 valence electrons. The van der Waals surface area contributed by atoms with E-state index in [1.165, 1.54) is 11.3 Å². The number of anilines is 1. The number of aryl methyl sites for hydroxylation is 1. The largest absolute Gasteiger partial charge is 0.397 e. The number of fused-ring (bicyclic) bond motifs is 2. The quantitative estimate of drug-likeness (QED) is 0.162. The summed E-state index contributed by atoms with van der Waals surface area (Å²) in [4.78, 5) is 14.4. The zero-order chi connectivity index (χ0) is 27.6. The summed E-state index contributed by atoms with van der Waals surface area (Å²) in [6.07, 6.45) is 5.74. The average molecular weight is 557 g/mol. The van der Waals surface area contributed by atoms with Crippen LogP contribution >= 0.6 is 23.1 Å². The first kappa shape index (κ1) is 27.9. The van der Waals surface area contributed by atoms with Crippen LogP contribution in [0.25, 0.3) is 32.5 Å². The molecular weight excluding hydrogens is 526 g/mol. The van der Waals surface area contributed by atoms with Gasteiger partial charge in [0, 0.05) is 54.5 Å². The number of pyridine rings is 2. The van der Waals surface area contributed by atoms with Crippen molar-refractivity contribution in [1.29, 1.82) is 0 Å². The number of alkyl halides is 2. The highest BCUT2D eigenvalue weighted by molar-refractivity contribution is 8.13. The lowest BCUT2D eigenvalue weighted by Crippen LogP contribution is -2.38. The molecule has 1 aliphatic carbocycles. The molecule has 1 saturated carbocycles. The highest BCUT2D eigenvalue weighted by atomic mass is 32.2. The Kier molecular flexibility index (Phi) is 8.29. The highest BCUT2D eigenvalue weighted by Gasteiger charge is 2.49. The molecular formula is C27H30F2N6OS2. The van der Waals surface area contributed by atoms with Gasteiger partial charge < -0.3 is 10.8 Å². The molecule has 1 atom stereocenters. The molecule has 0 bridgehead atoms. The third kappa shape index (κ3) is 6.11. The molecule has 0 saturated heterocycles. The van der Waals surface area contributed by atoms with E-state index in [-0.39, 0.29) is 12.8 Å². The van der Waals surface area contributed by atoms with Crippen LogP contribution in [0.1, 0.15) is 30.7 Å². The van der Waals surface area contributed by atoms with Crippen molar-refractivity contribution in [3.8, 4) is 11.3 Å². The van der Waals surface area contributed by atoms with Gasteiger partial charge >= 0.3 is 0 Å². The smallest absolute Gasteiger partial charge is 0.248 e.